The van der Waals surface area contributed by atoms with E-state index >= 15 is 0 Å². The zero-order valence-corrected chi connectivity index (χ0v) is 20.0. The summed E-state index contributed by atoms with van der Waals surface area (Å²) < 4.78 is 49.4. The van der Waals surface area contributed by atoms with Gasteiger partial charge in [-0.3, -0.25) is 4.79 Å². The number of alkyl halides is 3. The van der Waals surface area contributed by atoms with Crippen LogP contribution >= 0.6 is 23.2 Å². The molecular weight excluding hydrogens is 480 g/mol. The fourth-order valence-electron chi connectivity index (χ4n) is 2.88. The Morgan fingerprint density at radius 1 is 1.03 bits per heavy atom. The van der Waals surface area contributed by atoms with E-state index in [2.05, 4.69) is 25.3 Å². The Morgan fingerprint density at radius 2 is 1.64 bits per heavy atom. The third kappa shape index (κ3) is 7.28. The number of nitrogens with zero attached hydrogens (tertiary/aromatic N) is 2. The van der Waals surface area contributed by atoms with E-state index in [0.717, 1.165) is 37.8 Å². The molecule has 0 aliphatic carbocycles. The van der Waals surface area contributed by atoms with Gasteiger partial charge in [-0.25, -0.2) is 0 Å². The van der Waals surface area contributed by atoms with E-state index in [0.29, 0.717) is 23.1 Å². The minimum absolute atomic E-state index is 0.119. The first kappa shape index (κ1) is 26.8. The number of hydrogen-bond donors (Lipinski definition) is 0. The molecule has 0 saturated heterocycles. The Balaban J connectivity index is 2.04. The van der Waals surface area contributed by atoms with Gasteiger partial charge in [0.15, 0.2) is 5.76 Å². The summed E-state index contributed by atoms with van der Waals surface area (Å²) in [5, 5.41) is 0.0275. The lowest BCUT2D eigenvalue weighted by Gasteiger charge is -2.21. The molecule has 0 aliphatic rings. The number of amides is 1. The van der Waals surface area contributed by atoms with Crippen molar-refractivity contribution in [1.82, 2.24) is 4.90 Å². The number of benzene rings is 2. The molecule has 0 saturated carbocycles. The average molecular weight is 505 g/mol. The van der Waals surface area contributed by atoms with Gasteiger partial charge >= 0.3 is 6.18 Å². The van der Waals surface area contributed by atoms with Crippen LogP contribution in [0.4, 0.5) is 18.9 Å². The number of ether oxygens (including phenoxy) is 2. The SMILES string of the molecule is C=C(Oc1ccc(C(F)(F)F)cc1Cl)C(=O)N(C)c1ccc(OCCN(CC)CC)c(Cl)c1. The predicted octanol–water partition coefficient (Wildman–Crippen LogP) is 6.29. The van der Waals surface area contributed by atoms with E-state index in [1.54, 1.807) is 18.2 Å². The van der Waals surface area contributed by atoms with E-state index in [1.807, 2.05) is 0 Å². The molecule has 0 aliphatic heterocycles. The predicted molar refractivity (Wildman–Crippen MR) is 124 cm³/mol. The Hall–Kier alpha value is -2.42. The number of carbonyl (C=O) groups is 1. The Kier molecular flexibility index (Phi) is 9.46. The maximum Gasteiger partial charge on any atom is 0.416 e. The molecule has 0 unspecified atom stereocenters. The molecule has 0 fully saturated rings. The first-order valence-electron chi connectivity index (χ1n) is 10.1. The van der Waals surface area contributed by atoms with Crippen LogP contribution in [0.25, 0.3) is 0 Å². The monoisotopic (exact) mass is 504 g/mol. The number of hydrogen-bond acceptors (Lipinski definition) is 4. The number of rotatable bonds is 10. The second-order valence-corrected chi connectivity index (χ2v) is 7.84. The molecule has 0 heterocycles. The fourth-order valence-corrected chi connectivity index (χ4v) is 3.33. The normalized spacial score (nSPS) is 11.4. The Bertz CT molecular complexity index is 995. The van der Waals surface area contributed by atoms with Crippen molar-refractivity contribution in [2.75, 3.05) is 38.2 Å². The average Bonchev–Trinajstić information content (AvgIpc) is 2.77. The molecule has 1 amide bonds. The molecule has 10 heteroatoms. The number of carbonyl (C=O) groups excluding carboxylic acids is 1. The molecule has 0 atom stereocenters. The third-order valence-electron chi connectivity index (χ3n) is 4.90. The standard InChI is InChI=1S/C23H25Cl2F3N2O3/c1-5-30(6-2)11-12-32-20-10-8-17(14-19(20)25)29(4)22(31)15(3)33-21-9-7-16(13-18(21)24)23(26,27)28/h7-10,13-14H,3,5-6,11-12H2,1-2,4H3. The summed E-state index contributed by atoms with van der Waals surface area (Å²) in [6.07, 6.45) is -4.55. The molecule has 2 aromatic rings. The van der Waals surface area contributed by atoms with Gasteiger partial charge in [0.1, 0.15) is 18.1 Å². The summed E-state index contributed by atoms with van der Waals surface area (Å²) >= 11 is 12.2. The van der Waals surface area contributed by atoms with Crippen molar-refractivity contribution in [3.8, 4) is 11.5 Å². The van der Waals surface area contributed by atoms with Gasteiger partial charge in [0.05, 0.1) is 15.6 Å². The first-order valence-corrected chi connectivity index (χ1v) is 10.9. The van der Waals surface area contributed by atoms with Crippen molar-refractivity contribution >= 4 is 34.8 Å². The highest BCUT2D eigenvalue weighted by atomic mass is 35.5. The lowest BCUT2D eigenvalue weighted by atomic mass is 10.2. The minimum atomic E-state index is -4.55. The van der Waals surface area contributed by atoms with Crippen LogP contribution in [0.3, 0.4) is 0 Å². The van der Waals surface area contributed by atoms with E-state index < -0.39 is 17.6 Å². The second-order valence-electron chi connectivity index (χ2n) is 7.02. The second kappa shape index (κ2) is 11.6. The molecule has 2 aromatic carbocycles. The minimum Gasteiger partial charge on any atom is -0.491 e. The molecule has 33 heavy (non-hydrogen) atoms. The molecule has 0 spiro atoms. The summed E-state index contributed by atoms with van der Waals surface area (Å²) in [6.45, 7) is 10.8. The van der Waals surface area contributed by atoms with E-state index in [-0.39, 0.29) is 16.5 Å². The lowest BCUT2D eigenvalue weighted by molar-refractivity contribution is -0.137. The summed E-state index contributed by atoms with van der Waals surface area (Å²) in [7, 11) is 1.48. The number of halogens is 5. The summed E-state index contributed by atoms with van der Waals surface area (Å²) in [4.78, 5) is 16.1. The maximum atomic E-state index is 12.8. The van der Waals surface area contributed by atoms with Crippen LogP contribution in [0.2, 0.25) is 10.0 Å². The van der Waals surface area contributed by atoms with Crippen molar-refractivity contribution in [1.29, 1.82) is 0 Å². The summed E-state index contributed by atoms with van der Waals surface area (Å²) in [6, 6.07) is 7.42. The highest BCUT2D eigenvalue weighted by Crippen LogP contribution is 2.35. The number of likely N-dealkylation sites (N-methyl/N-ethyl adjacent to an activating group) is 2. The van der Waals surface area contributed by atoms with Crippen molar-refractivity contribution in [2.24, 2.45) is 0 Å². The molecule has 2 rings (SSSR count). The van der Waals surface area contributed by atoms with Crippen LogP contribution in [0, 0.1) is 0 Å². The molecule has 0 radical (unpaired) electrons. The summed E-state index contributed by atoms with van der Waals surface area (Å²) in [5.41, 5.74) is -0.479. The molecule has 0 N–H and O–H groups in total. The molecule has 0 bridgehead atoms. The zero-order valence-electron chi connectivity index (χ0n) is 18.5. The first-order chi connectivity index (χ1) is 15.5. The Morgan fingerprint density at radius 3 is 2.18 bits per heavy atom. The van der Waals surface area contributed by atoms with Crippen molar-refractivity contribution in [3.63, 3.8) is 0 Å². The lowest BCUT2D eigenvalue weighted by Crippen LogP contribution is -2.29. The van der Waals surface area contributed by atoms with Crippen molar-refractivity contribution in [3.05, 3.63) is 64.3 Å². The van der Waals surface area contributed by atoms with E-state index in [1.165, 1.54) is 11.9 Å². The van der Waals surface area contributed by atoms with Gasteiger partial charge in [0.2, 0.25) is 0 Å². The van der Waals surface area contributed by atoms with Gasteiger partial charge in [-0.1, -0.05) is 43.6 Å². The largest absolute Gasteiger partial charge is 0.491 e. The van der Waals surface area contributed by atoms with Gasteiger partial charge in [0.25, 0.3) is 5.91 Å². The highest BCUT2D eigenvalue weighted by Gasteiger charge is 2.31. The van der Waals surface area contributed by atoms with E-state index in [9.17, 15) is 18.0 Å². The molecule has 180 valence electrons. The van der Waals surface area contributed by atoms with Crippen LogP contribution in [0.15, 0.2) is 48.7 Å². The molecule has 0 aromatic heterocycles. The molecular formula is C23H25Cl2F3N2O3. The van der Waals surface area contributed by atoms with Crippen LogP contribution in [-0.2, 0) is 11.0 Å². The number of anilines is 1. The van der Waals surface area contributed by atoms with Gasteiger partial charge in [-0.05, 0) is 49.5 Å². The quantitative estimate of drug-likeness (QED) is 0.281. The van der Waals surface area contributed by atoms with E-state index in [4.69, 9.17) is 32.7 Å². The van der Waals surface area contributed by atoms with Gasteiger partial charge in [-0.15, -0.1) is 0 Å². The van der Waals surface area contributed by atoms with Crippen molar-refractivity contribution in [2.45, 2.75) is 20.0 Å². The third-order valence-corrected chi connectivity index (χ3v) is 5.49. The van der Waals surface area contributed by atoms with Gasteiger partial charge in [-0.2, -0.15) is 13.2 Å². The maximum absolute atomic E-state index is 12.8. The Labute approximate surface area is 201 Å². The van der Waals surface area contributed by atoms with Crippen LogP contribution in [-0.4, -0.2) is 44.1 Å². The topological polar surface area (TPSA) is 42.0 Å². The van der Waals surface area contributed by atoms with Gasteiger partial charge < -0.3 is 19.3 Å². The van der Waals surface area contributed by atoms with Crippen LogP contribution in [0.5, 0.6) is 11.5 Å². The van der Waals surface area contributed by atoms with Crippen LogP contribution < -0.4 is 14.4 Å². The fraction of sp³-hybridized carbons (Fsp3) is 0.348. The highest BCUT2D eigenvalue weighted by molar-refractivity contribution is 6.32. The van der Waals surface area contributed by atoms with Gasteiger partial charge in [0, 0.05) is 19.3 Å². The zero-order chi connectivity index (χ0) is 24.8. The smallest absolute Gasteiger partial charge is 0.416 e. The van der Waals surface area contributed by atoms with Crippen LogP contribution in [0.1, 0.15) is 19.4 Å². The molecule has 5 nitrogen and oxygen atoms in total. The summed E-state index contributed by atoms with van der Waals surface area (Å²) in [5.74, 6) is -0.585. The van der Waals surface area contributed by atoms with Crippen molar-refractivity contribution < 1.29 is 27.4 Å².